The molecule has 0 saturated heterocycles. The monoisotopic (exact) mass is 386 g/mol. The first-order valence-electron chi connectivity index (χ1n) is 7.36. The van der Waals surface area contributed by atoms with Crippen molar-refractivity contribution in [3.63, 3.8) is 0 Å². The average Bonchev–Trinajstić information content (AvgIpc) is 2.81. The number of aliphatic hydroxyl groups excluding tert-OH is 1. The van der Waals surface area contributed by atoms with E-state index in [4.69, 9.17) is 0 Å². The molecule has 1 unspecified atom stereocenters. The summed E-state index contributed by atoms with van der Waals surface area (Å²) in [6, 6.07) is 10.1. The van der Waals surface area contributed by atoms with Gasteiger partial charge in [0.25, 0.3) is 5.91 Å². The Bertz CT molecular complexity index is 842. The van der Waals surface area contributed by atoms with Crippen LogP contribution in [-0.2, 0) is 9.59 Å². The second kappa shape index (κ2) is 6.20. The van der Waals surface area contributed by atoms with E-state index in [0.29, 0.717) is 5.82 Å². The molecule has 0 saturated carbocycles. The molecule has 0 spiro atoms. The fraction of sp³-hybridized carbons (Fsp3) is 0.167. The number of rotatable bonds is 3. The van der Waals surface area contributed by atoms with E-state index in [2.05, 4.69) is 20.9 Å². The Morgan fingerprint density at radius 3 is 2.42 bits per heavy atom. The van der Waals surface area contributed by atoms with Gasteiger partial charge < -0.3 is 5.11 Å². The van der Waals surface area contributed by atoms with Crippen LogP contribution in [0, 0.1) is 6.92 Å². The highest BCUT2D eigenvalue weighted by Crippen LogP contribution is 2.40. The van der Waals surface area contributed by atoms with Crippen LogP contribution in [-0.4, -0.2) is 21.8 Å². The lowest BCUT2D eigenvalue weighted by Gasteiger charge is -2.25. The molecule has 1 aliphatic rings. The van der Waals surface area contributed by atoms with E-state index in [9.17, 15) is 14.7 Å². The molecule has 1 aromatic carbocycles. The van der Waals surface area contributed by atoms with Crippen molar-refractivity contribution in [2.75, 3.05) is 4.90 Å². The molecular weight excluding hydrogens is 372 g/mol. The first-order valence-corrected chi connectivity index (χ1v) is 8.15. The van der Waals surface area contributed by atoms with Gasteiger partial charge in [-0.2, -0.15) is 0 Å². The number of aryl methyl sites for hydroxylation is 1. The van der Waals surface area contributed by atoms with Gasteiger partial charge in [0, 0.05) is 10.7 Å². The third-order valence-electron chi connectivity index (χ3n) is 3.92. The number of amides is 1. The second-order valence-corrected chi connectivity index (χ2v) is 6.56. The van der Waals surface area contributed by atoms with Crippen molar-refractivity contribution in [1.29, 1.82) is 0 Å². The van der Waals surface area contributed by atoms with E-state index >= 15 is 0 Å². The number of Topliss-reactive ketones (excluding diaryl/α,β-unsaturated/α-hetero) is 1. The van der Waals surface area contributed by atoms with Crippen LogP contribution in [0.3, 0.4) is 0 Å². The van der Waals surface area contributed by atoms with Gasteiger partial charge in [0.05, 0.1) is 11.6 Å². The highest BCUT2D eigenvalue weighted by Gasteiger charge is 2.43. The quantitative estimate of drug-likeness (QED) is 0.873. The third kappa shape index (κ3) is 2.73. The van der Waals surface area contributed by atoms with Crippen LogP contribution in [0.25, 0.3) is 0 Å². The van der Waals surface area contributed by atoms with Gasteiger partial charge in [0.15, 0.2) is 11.5 Å². The topological polar surface area (TPSA) is 70.5 Å². The Balaban J connectivity index is 2.16. The molecule has 6 heteroatoms. The van der Waals surface area contributed by atoms with Crippen LogP contribution in [0.5, 0.6) is 0 Å². The van der Waals surface area contributed by atoms with E-state index in [0.717, 1.165) is 15.6 Å². The molecule has 1 aromatic heterocycles. The summed E-state index contributed by atoms with van der Waals surface area (Å²) in [5, 5.41) is 10.2. The number of carbonyl (C=O) groups is 2. The number of aromatic nitrogens is 1. The Hall–Kier alpha value is -2.47. The molecule has 0 bridgehead atoms. The molecule has 1 N–H and O–H groups in total. The second-order valence-electron chi connectivity index (χ2n) is 5.64. The summed E-state index contributed by atoms with van der Waals surface area (Å²) >= 11 is 3.37. The van der Waals surface area contributed by atoms with Crippen molar-refractivity contribution in [2.45, 2.75) is 19.9 Å². The van der Waals surface area contributed by atoms with Crippen LogP contribution < -0.4 is 4.90 Å². The predicted molar refractivity (Wildman–Crippen MR) is 93.7 cm³/mol. The first-order chi connectivity index (χ1) is 11.4. The number of aliphatic hydroxyl groups is 1. The Labute approximate surface area is 147 Å². The molecule has 5 nitrogen and oxygen atoms in total. The lowest BCUT2D eigenvalue weighted by atomic mass is 9.97. The SMILES string of the molecule is CC(=O)C1=C(O)C(=O)N(c2ccc(C)cn2)C1c1ccc(Br)cc1. The number of ketones is 1. The van der Waals surface area contributed by atoms with Crippen LogP contribution in [0.1, 0.15) is 24.1 Å². The Kier molecular flexibility index (Phi) is 4.24. The molecule has 0 radical (unpaired) electrons. The molecule has 0 fully saturated rings. The average molecular weight is 387 g/mol. The summed E-state index contributed by atoms with van der Waals surface area (Å²) < 4.78 is 0.883. The molecule has 1 atom stereocenters. The molecule has 24 heavy (non-hydrogen) atoms. The van der Waals surface area contributed by atoms with Gasteiger partial charge in [-0.05, 0) is 43.2 Å². The van der Waals surface area contributed by atoms with Crippen molar-refractivity contribution >= 4 is 33.4 Å². The van der Waals surface area contributed by atoms with Crippen molar-refractivity contribution in [3.05, 3.63) is 69.5 Å². The maximum Gasteiger partial charge on any atom is 0.295 e. The fourth-order valence-corrected chi connectivity index (χ4v) is 3.03. The third-order valence-corrected chi connectivity index (χ3v) is 4.44. The van der Waals surface area contributed by atoms with E-state index in [1.165, 1.54) is 11.8 Å². The highest BCUT2D eigenvalue weighted by molar-refractivity contribution is 9.10. The molecule has 0 aliphatic carbocycles. The minimum absolute atomic E-state index is 0.0877. The minimum atomic E-state index is -0.696. The largest absolute Gasteiger partial charge is 0.503 e. The fourth-order valence-electron chi connectivity index (χ4n) is 2.76. The highest BCUT2D eigenvalue weighted by atomic mass is 79.9. The van der Waals surface area contributed by atoms with Gasteiger partial charge >= 0.3 is 0 Å². The summed E-state index contributed by atoms with van der Waals surface area (Å²) in [6.45, 7) is 3.24. The number of carbonyl (C=O) groups excluding carboxylic acids is 2. The summed E-state index contributed by atoms with van der Waals surface area (Å²) in [5.74, 6) is -1.09. The zero-order valence-electron chi connectivity index (χ0n) is 13.2. The Morgan fingerprint density at radius 2 is 1.88 bits per heavy atom. The molecule has 122 valence electrons. The van der Waals surface area contributed by atoms with Crippen molar-refractivity contribution < 1.29 is 14.7 Å². The maximum atomic E-state index is 12.6. The van der Waals surface area contributed by atoms with E-state index < -0.39 is 17.7 Å². The number of hydrogen-bond acceptors (Lipinski definition) is 4. The van der Waals surface area contributed by atoms with Crippen LogP contribution in [0.15, 0.2) is 58.4 Å². The van der Waals surface area contributed by atoms with Gasteiger partial charge in [-0.15, -0.1) is 0 Å². The molecule has 2 aromatic rings. The van der Waals surface area contributed by atoms with Crippen LogP contribution in [0.2, 0.25) is 0 Å². The maximum absolute atomic E-state index is 12.6. The number of hydrogen-bond donors (Lipinski definition) is 1. The first kappa shape index (κ1) is 16.4. The predicted octanol–water partition coefficient (Wildman–Crippen LogP) is 3.64. The number of pyridine rings is 1. The van der Waals surface area contributed by atoms with E-state index in [1.54, 1.807) is 12.3 Å². The summed E-state index contributed by atoms with van der Waals surface area (Å²) in [7, 11) is 0. The van der Waals surface area contributed by atoms with Gasteiger partial charge in [0.1, 0.15) is 5.82 Å². The Morgan fingerprint density at radius 1 is 1.21 bits per heavy atom. The summed E-state index contributed by atoms with van der Waals surface area (Å²) in [6.07, 6.45) is 1.64. The van der Waals surface area contributed by atoms with Gasteiger partial charge in [-0.25, -0.2) is 4.98 Å². The number of nitrogens with zero attached hydrogens (tertiary/aromatic N) is 2. The summed E-state index contributed by atoms with van der Waals surface area (Å²) in [4.78, 5) is 30.3. The van der Waals surface area contributed by atoms with Gasteiger partial charge in [0.2, 0.25) is 0 Å². The standard InChI is InChI=1S/C18H15BrN2O3/c1-10-3-8-14(20-9-10)21-16(12-4-6-13(19)7-5-12)15(11(2)22)17(23)18(21)24/h3-9,16,23H,1-2H3. The zero-order chi connectivity index (χ0) is 17.4. The van der Waals surface area contributed by atoms with Gasteiger partial charge in [-0.3, -0.25) is 14.5 Å². The normalized spacial score (nSPS) is 17.5. The van der Waals surface area contributed by atoms with Crippen molar-refractivity contribution in [2.24, 2.45) is 0 Å². The van der Waals surface area contributed by atoms with Crippen LogP contribution in [0.4, 0.5) is 5.82 Å². The lowest BCUT2D eigenvalue weighted by molar-refractivity contribution is -0.117. The molecule has 2 heterocycles. The summed E-state index contributed by atoms with van der Waals surface area (Å²) in [5.41, 5.74) is 1.77. The minimum Gasteiger partial charge on any atom is -0.503 e. The number of benzene rings is 1. The van der Waals surface area contributed by atoms with Crippen molar-refractivity contribution in [1.82, 2.24) is 4.98 Å². The van der Waals surface area contributed by atoms with Crippen molar-refractivity contribution in [3.8, 4) is 0 Å². The van der Waals surface area contributed by atoms with E-state index in [-0.39, 0.29) is 11.4 Å². The molecule has 3 rings (SSSR count). The zero-order valence-corrected chi connectivity index (χ0v) is 14.7. The van der Waals surface area contributed by atoms with E-state index in [1.807, 2.05) is 37.3 Å². The van der Waals surface area contributed by atoms with Crippen LogP contribution >= 0.6 is 15.9 Å². The lowest BCUT2D eigenvalue weighted by Crippen LogP contribution is -2.31. The molecule has 1 amide bonds. The smallest absolute Gasteiger partial charge is 0.295 e. The molecular formula is C18H15BrN2O3. The number of anilines is 1. The number of halogens is 1. The molecule has 1 aliphatic heterocycles. The van der Waals surface area contributed by atoms with Gasteiger partial charge in [-0.1, -0.05) is 34.1 Å².